The van der Waals surface area contributed by atoms with Crippen LogP contribution in [-0.4, -0.2) is 67.4 Å². The highest BCUT2D eigenvalue weighted by atomic mass is 16.6. The van der Waals surface area contributed by atoms with E-state index in [4.69, 9.17) is 9.15 Å². The Morgan fingerprint density at radius 3 is 2.56 bits per heavy atom. The number of amides is 2. The van der Waals surface area contributed by atoms with E-state index in [1.807, 2.05) is 11.0 Å². The first-order valence-corrected chi connectivity index (χ1v) is 12.8. The third-order valence-electron chi connectivity index (χ3n) is 6.12. The second kappa shape index (κ2) is 12.6. The Labute approximate surface area is 225 Å². The number of carbonyl (C=O) groups excluding carboxylic acids is 3. The van der Waals surface area contributed by atoms with E-state index in [0.29, 0.717) is 36.9 Å². The van der Waals surface area contributed by atoms with Crippen LogP contribution in [0.15, 0.2) is 27.4 Å². The summed E-state index contributed by atoms with van der Waals surface area (Å²) in [5.41, 5.74) is 0.375. The smallest absolute Gasteiger partial charge is 0.408 e. The summed E-state index contributed by atoms with van der Waals surface area (Å²) in [5, 5.41) is 15.2. The zero-order valence-electron chi connectivity index (χ0n) is 22.6. The van der Waals surface area contributed by atoms with Gasteiger partial charge in [0.1, 0.15) is 22.8 Å². The summed E-state index contributed by atoms with van der Waals surface area (Å²) in [6.07, 6.45) is 2.01. The fourth-order valence-electron chi connectivity index (χ4n) is 4.33. The molecule has 3 N–H and O–H groups in total. The van der Waals surface area contributed by atoms with Crippen molar-refractivity contribution in [1.82, 2.24) is 10.6 Å². The fourth-order valence-corrected chi connectivity index (χ4v) is 4.33. The Bertz CT molecular complexity index is 1300. The van der Waals surface area contributed by atoms with E-state index in [9.17, 15) is 29.1 Å². The Morgan fingerprint density at radius 2 is 1.90 bits per heavy atom. The third kappa shape index (κ3) is 8.20. The molecule has 2 heterocycles. The van der Waals surface area contributed by atoms with E-state index in [1.54, 1.807) is 26.8 Å². The number of methoxy groups -OCH3 is 1. The van der Waals surface area contributed by atoms with Crippen LogP contribution in [0.25, 0.3) is 11.0 Å². The molecule has 1 aliphatic rings. The Balaban J connectivity index is 1.53. The fraction of sp³-hybridized carbons (Fsp3) is 0.519. The van der Waals surface area contributed by atoms with Crippen molar-refractivity contribution in [3.8, 4) is 0 Å². The molecule has 2 amide bonds. The van der Waals surface area contributed by atoms with Crippen LogP contribution in [0, 0.1) is 0 Å². The number of esters is 1. The van der Waals surface area contributed by atoms with Gasteiger partial charge in [-0.15, -0.1) is 0 Å². The quantitative estimate of drug-likeness (QED) is 0.230. The second-order valence-corrected chi connectivity index (χ2v) is 10.4. The maximum Gasteiger partial charge on any atom is 0.408 e. The molecule has 0 spiro atoms. The number of carboxylic acid groups (broad SMARTS) is 1. The van der Waals surface area contributed by atoms with Gasteiger partial charge in [0, 0.05) is 30.2 Å². The third-order valence-corrected chi connectivity index (χ3v) is 6.12. The number of unbranched alkanes of at least 4 members (excludes halogenated alkanes) is 1. The standard InChI is InChI=1S/C27H35N3O9/c1-27(2,3)39-26(36)29-19(23(32)33)9-5-6-10-28-22(31)15-30-11-7-8-16-12-17-13-18(24(34)37-4)25(35)38-21(17)14-20(16)30/h12-14,19H,5-11,15H2,1-4H3,(H,28,31)(H,29,36)(H,32,33)/t19-/m0/s1. The van der Waals surface area contributed by atoms with Gasteiger partial charge in [-0.3, -0.25) is 4.79 Å². The zero-order valence-corrected chi connectivity index (χ0v) is 22.6. The lowest BCUT2D eigenvalue weighted by Crippen LogP contribution is -2.43. The van der Waals surface area contributed by atoms with E-state index in [-0.39, 0.29) is 24.4 Å². The summed E-state index contributed by atoms with van der Waals surface area (Å²) in [5.74, 6) is -2.12. The van der Waals surface area contributed by atoms with Crippen LogP contribution >= 0.6 is 0 Å². The van der Waals surface area contributed by atoms with E-state index in [1.165, 1.54) is 13.2 Å². The number of hydrogen-bond donors (Lipinski definition) is 3. The van der Waals surface area contributed by atoms with Crippen molar-refractivity contribution in [2.75, 3.05) is 31.6 Å². The van der Waals surface area contributed by atoms with Gasteiger partial charge in [-0.2, -0.15) is 0 Å². The number of ether oxygens (including phenoxy) is 2. The molecule has 1 aromatic carbocycles. The van der Waals surface area contributed by atoms with Gasteiger partial charge < -0.3 is 34.5 Å². The number of rotatable bonds is 10. The van der Waals surface area contributed by atoms with Gasteiger partial charge in [-0.25, -0.2) is 19.2 Å². The van der Waals surface area contributed by atoms with Crippen LogP contribution in [0.5, 0.6) is 0 Å². The molecule has 1 aliphatic heterocycles. The van der Waals surface area contributed by atoms with Crippen LogP contribution in [-0.2, 0) is 25.5 Å². The van der Waals surface area contributed by atoms with Gasteiger partial charge in [-0.05, 0) is 70.6 Å². The summed E-state index contributed by atoms with van der Waals surface area (Å²) >= 11 is 0. The predicted octanol–water partition coefficient (Wildman–Crippen LogP) is 2.60. The molecule has 1 aromatic heterocycles. The molecule has 212 valence electrons. The molecule has 0 saturated carbocycles. The molecule has 12 heteroatoms. The number of aryl methyl sites for hydroxylation is 1. The highest BCUT2D eigenvalue weighted by molar-refractivity contribution is 5.94. The van der Waals surface area contributed by atoms with Gasteiger partial charge in [-0.1, -0.05) is 0 Å². The predicted molar refractivity (Wildman–Crippen MR) is 142 cm³/mol. The summed E-state index contributed by atoms with van der Waals surface area (Å²) in [6, 6.07) is 3.94. The molecule has 0 saturated heterocycles. The molecule has 2 aromatic rings. The summed E-state index contributed by atoms with van der Waals surface area (Å²) < 4.78 is 15.1. The lowest BCUT2D eigenvalue weighted by molar-refractivity contribution is -0.139. The van der Waals surface area contributed by atoms with Crippen molar-refractivity contribution in [3.63, 3.8) is 0 Å². The molecular weight excluding hydrogens is 510 g/mol. The normalized spacial score (nSPS) is 13.8. The van der Waals surface area contributed by atoms with Crippen LogP contribution in [0.1, 0.15) is 62.4 Å². The molecule has 12 nitrogen and oxygen atoms in total. The minimum absolute atomic E-state index is 0.0981. The molecule has 3 rings (SSSR count). The number of nitrogens with one attached hydrogen (secondary N) is 2. The van der Waals surface area contributed by atoms with Gasteiger partial charge in [0.15, 0.2) is 0 Å². The van der Waals surface area contributed by atoms with E-state index < -0.39 is 35.3 Å². The monoisotopic (exact) mass is 545 g/mol. The molecule has 0 radical (unpaired) electrons. The number of carboxylic acids is 1. The first kappa shape index (κ1) is 29.5. The highest BCUT2D eigenvalue weighted by Crippen LogP contribution is 2.31. The summed E-state index contributed by atoms with van der Waals surface area (Å²) in [4.78, 5) is 61.9. The van der Waals surface area contributed by atoms with Crippen molar-refractivity contribution in [3.05, 3.63) is 39.7 Å². The van der Waals surface area contributed by atoms with E-state index >= 15 is 0 Å². The number of benzene rings is 1. The topological polar surface area (TPSA) is 164 Å². The summed E-state index contributed by atoms with van der Waals surface area (Å²) in [6.45, 7) is 6.16. The minimum Gasteiger partial charge on any atom is -0.480 e. The average Bonchev–Trinajstić information content (AvgIpc) is 2.85. The van der Waals surface area contributed by atoms with Gasteiger partial charge in [0.25, 0.3) is 0 Å². The van der Waals surface area contributed by atoms with Crippen molar-refractivity contribution in [2.24, 2.45) is 0 Å². The Kier molecular flexibility index (Phi) is 9.55. The first-order chi connectivity index (χ1) is 18.4. The average molecular weight is 546 g/mol. The Morgan fingerprint density at radius 1 is 1.15 bits per heavy atom. The summed E-state index contributed by atoms with van der Waals surface area (Å²) in [7, 11) is 1.19. The van der Waals surface area contributed by atoms with E-state index in [2.05, 4.69) is 15.4 Å². The van der Waals surface area contributed by atoms with Crippen LogP contribution < -0.4 is 21.2 Å². The van der Waals surface area contributed by atoms with Crippen molar-refractivity contribution < 1.29 is 38.2 Å². The molecule has 0 fully saturated rings. The molecule has 0 bridgehead atoms. The van der Waals surface area contributed by atoms with Crippen molar-refractivity contribution in [2.45, 2.75) is 64.5 Å². The van der Waals surface area contributed by atoms with Gasteiger partial charge in [0.2, 0.25) is 5.91 Å². The van der Waals surface area contributed by atoms with Crippen molar-refractivity contribution >= 4 is 40.6 Å². The number of anilines is 1. The maximum absolute atomic E-state index is 12.6. The Hall–Kier alpha value is -4.09. The zero-order chi connectivity index (χ0) is 28.7. The van der Waals surface area contributed by atoms with Crippen LogP contribution in [0.4, 0.5) is 10.5 Å². The number of aliphatic carboxylic acids is 1. The lowest BCUT2D eigenvalue weighted by atomic mass is 9.99. The van der Waals surface area contributed by atoms with Gasteiger partial charge >= 0.3 is 23.7 Å². The van der Waals surface area contributed by atoms with Crippen molar-refractivity contribution in [1.29, 1.82) is 0 Å². The SMILES string of the molecule is COC(=O)c1cc2cc3c(cc2oc1=O)N(CC(=O)NCCCC[C@H](NC(=O)OC(C)(C)C)C(=O)O)CCC3. The van der Waals surface area contributed by atoms with E-state index in [0.717, 1.165) is 24.1 Å². The maximum atomic E-state index is 12.6. The molecular formula is C27H35N3O9. The lowest BCUT2D eigenvalue weighted by Gasteiger charge is -2.31. The number of alkyl carbamates (subject to hydrolysis) is 1. The van der Waals surface area contributed by atoms with Crippen LogP contribution in [0.3, 0.4) is 0 Å². The number of hydrogen-bond acceptors (Lipinski definition) is 9. The second-order valence-electron chi connectivity index (χ2n) is 10.4. The largest absolute Gasteiger partial charge is 0.480 e. The molecule has 0 unspecified atom stereocenters. The molecule has 0 aliphatic carbocycles. The highest BCUT2D eigenvalue weighted by Gasteiger charge is 2.24. The number of carbonyl (C=O) groups is 4. The minimum atomic E-state index is -1.15. The molecule has 1 atom stereocenters. The number of nitrogens with zero attached hydrogens (tertiary/aromatic N) is 1. The molecule has 39 heavy (non-hydrogen) atoms. The van der Waals surface area contributed by atoms with Crippen LogP contribution in [0.2, 0.25) is 0 Å². The van der Waals surface area contributed by atoms with Gasteiger partial charge in [0.05, 0.1) is 13.7 Å². The number of fused-ring (bicyclic) bond motifs is 2. The first-order valence-electron chi connectivity index (χ1n) is 12.8.